The van der Waals surface area contributed by atoms with Gasteiger partial charge in [-0.05, 0) is 37.2 Å². The molecule has 0 aromatic carbocycles. The summed E-state index contributed by atoms with van der Waals surface area (Å²) in [4.78, 5) is 59.6. The maximum atomic E-state index is 12.7. The highest BCUT2D eigenvalue weighted by molar-refractivity contribution is 7.98. The van der Waals surface area contributed by atoms with Crippen LogP contribution in [0.25, 0.3) is 0 Å². The Hall–Kier alpha value is -1.99. The van der Waals surface area contributed by atoms with E-state index >= 15 is 0 Å². The molecule has 0 aromatic heterocycles. The summed E-state index contributed by atoms with van der Waals surface area (Å²) in [6.45, 7) is 3.66. The third-order valence-electron chi connectivity index (χ3n) is 4.39. The van der Waals surface area contributed by atoms with Crippen molar-refractivity contribution in [1.82, 2.24) is 16.0 Å². The Balaban J connectivity index is 5.18. The number of carbonyl (C=O) groups excluding carboxylic acids is 3. The lowest BCUT2D eigenvalue weighted by Crippen LogP contribution is -2.57. The molecule has 13 heteroatoms. The van der Waals surface area contributed by atoms with Gasteiger partial charge in [-0.3, -0.25) is 19.2 Å². The third-order valence-corrected chi connectivity index (χ3v) is 5.40. The summed E-state index contributed by atoms with van der Waals surface area (Å²) < 4.78 is 0. The fraction of sp³-hybridized carbons (Fsp3) is 0.737. The van der Waals surface area contributed by atoms with Crippen molar-refractivity contribution in [3.05, 3.63) is 0 Å². The molecule has 3 amide bonds. The van der Waals surface area contributed by atoms with E-state index < -0.39 is 53.8 Å². The molecule has 0 aliphatic rings. The minimum absolute atomic E-state index is 0.0322. The molecule has 184 valence electrons. The van der Waals surface area contributed by atoms with Gasteiger partial charge in [0.1, 0.15) is 18.1 Å². The van der Waals surface area contributed by atoms with Crippen LogP contribution in [0.5, 0.6) is 0 Å². The first-order valence-electron chi connectivity index (χ1n) is 10.1. The van der Waals surface area contributed by atoms with Crippen LogP contribution in [0.1, 0.15) is 39.5 Å². The Kier molecular flexibility index (Phi) is 14.8. The standard InChI is InChI=1S/C19H34N4O7S2/c1-10(2)8-13(19(29)30)22-17(27)12(6-7-32-3)21-18(28)14(9-31)23-16(26)11(20)4-5-15(24)25/h10-14,31H,4-9,20H2,1-3H3,(H,21,28)(H,22,27)(H,23,26)(H,24,25)(H,29,30). The molecule has 0 heterocycles. The number of carboxylic acids is 2. The Morgan fingerprint density at radius 3 is 1.91 bits per heavy atom. The molecule has 0 saturated carbocycles. The maximum absolute atomic E-state index is 12.7. The smallest absolute Gasteiger partial charge is 0.326 e. The van der Waals surface area contributed by atoms with Crippen LogP contribution in [-0.4, -0.2) is 81.8 Å². The number of rotatable bonds is 16. The van der Waals surface area contributed by atoms with E-state index in [4.69, 9.17) is 10.8 Å². The van der Waals surface area contributed by atoms with Crippen molar-refractivity contribution in [1.29, 1.82) is 0 Å². The lowest BCUT2D eigenvalue weighted by atomic mass is 10.0. The van der Waals surface area contributed by atoms with E-state index in [-0.39, 0.29) is 37.4 Å². The van der Waals surface area contributed by atoms with Crippen LogP contribution in [0.4, 0.5) is 0 Å². The Morgan fingerprint density at radius 1 is 0.906 bits per heavy atom. The number of aliphatic carboxylic acids is 2. The van der Waals surface area contributed by atoms with Gasteiger partial charge in [-0.25, -0.2) is 4.79 Å². The molecule has 11 nitrogen and oxygen atoms in total. The van der Waals surface area contributed by atoms with Crippen molar-refractivity contribution in [2.24, 2.45) is 11.7 Å². The molecule has 32 heavy (non-hydrogen) atoms. The van der Waals surface area contributed by atoms with Crippen molar-refractivity contribution in [3.63, 3.8) is 0 Å². The van der Waals surface area contributed by atoms with Gasteiger partial charge in [0, 0.05) is 12.2 Å². The first kappa shape index (κ1) is 30.0. The number of carbonyl (C=O) groups is 5. The molecule has 0 bridgehead atoms. The predicted molar refractivity (Wildman–Crippen MR) is 125 cm³/mol. The van der Waals surface area contributed by atoms with Crippen molar-refractivity contribution >= 4 is 54.1 Å². The molecule has 4 unspecified atom stereocenters. The average molecular weight is 495 g/mol. The summed E-state index contributed by atoms with van der Waals surface area (Å²) in [6.07, 6.45) is 1.90. The summed E-state index contributed by atoms with van der Waals surface area (Å²) in [7, 11) is 0. The van der Waals surface area contributed by atoms with E-state index in [0.29, 0.717) is 5.75 Å². The predicted octanol–water partition coefficient (Wildman–Crippen LogP) is -0.553. The van der Waals surface area contributed by atoms with Gasteiger partial charge in [0.15, 0.2) is 0 Å². The van der Waals surface area contributed by atoms with E-state index in [1.54, 1.807) is 0 Å². The topological polar surface area (TPSA) is 188 Å². The zero-order valence-corrected chi connectivity index (χ0v) is 20.2. The quantitative estimate of drug-likeness (QED) is 0.138. The van der Waals surface area contributed by atoms with Crippen LogP contribution in [0.3, 0.4) is 0 Å². The monoisotopic (exact) mass is 494 g/mol. The van der Waals surface area contributed by atoms with E-state index in [1.165, 1.54) is 11.8 Å². The van der Waals surface area contributed by atoms with Gasteiger partial charge in [-0.2, -0.15) is 24.4 Å². The van der Waals surface area contributed by atoms with Crippen molar-refractivity contribution in [3.8, 4) is 0 Å². The number of carboxylic acid groups (broad SMARTS) is 2. The summed E-state index contributed by atoms with van der Waals surface area (Å²) in [5, 5.41) is 25.4. The fourth-order valence-electron chi connectivity index (χ4n) is 2.62. The minimum atomic E-state index is -1.17. The molecule has 0 radical (unpaired) electrons. The summed E-state index contributed by atoms with van der Waals surface area (Å²) >= 11 is 5.50. The highest BCUT2D eigenvalue weighted by Crippen LogP contribution is 2.08. The lowest BCUT2D eigenvalue weighted by Gasteiger charge is -2.25. The number of nitrogens with one attached hydrogen (secondary N) is 3. The number of amides is 3. The molecule has 0 aliphatic carbocycles. The van der Waals surface area contributed by atoms with Crippen LogP contribution >= 0.6 is 24.4 Å². The number of thioether (sulfide) groups is 1. The highest BCUT2D eigenvalue weighted by Gasteiger charge is 2.30. The molecule has 0 aromatic rings. The number of hydrogen-bond donors (Lipinski definition) is 7. The SMILES string of the molecule is CSCCC(NC(=O)C(CS)NC(=O)C(N)CCC(=O)O)C(=O)NC(CC(C)C)C(=O)O. The van der Waals surface area contributed by atoms with Crippen molar-refractivity contribution in [2.75, 3.05) is 17.8 Å². The normalized spacial score (nSPS) is 14.7. The van der Waals surface area contributed by atoms with Gasteiger partial charge in [0.05, 0.1) is 6.04 Å². The lowest BCUT2D eigenvalue weighted by molar-refractivity contribution is -0.143. The van der Waals surface area contributed by atoms with E-state index in [2.05, 4.69) is 28.6 Å². The van der Waals surface area contributed by atoms with Gasteiger partial charge >= 0.3 is 11.9 Å². The van der Waals surface area contributed by atoms with Gasteiger partial charge in [-0.15, -0.1) is 0 Å². The largest absolute Gasteiger partial charge is 0.481 e. The molecular formula is C19H34N4O7S2. The number of thiol groups is 1. The minimum Gasteiger partial charge on any atom is -0.481 e. The van der Waals surface area contributed by atoms with Crippen LogP contribution in [0, 0.1) is 5.92 Å². The molecule has 0 saturated heterocycles. The van der Waals surface area contributed by atoms with Crippen LogP contribution in [0.2, 0.25) is 0 Å². The summed E-state index contributed by atoms with van der Waals surface area (Å²) in [5.74, 6) is -3.84. The van der Waals surface area contributed by atoms with Crippen LogP contribution < -0.4 is 21.7 Å². The van der Waals surface area contributed by atoms with Crippen LogP contribution in [-0.2, 0) is 24.0 Å². The third kappa shape index (κ3) is 12.2. The molecule has 4 atom stereocenters. The van der Waals surface area contributed by atoms with Gasteiger partial charge in [-0.1, -0.05) is 13.8 Å². The molecule has 7 N–H and O–H groups in total. The Morgan fingerprint density at radius 2 is 1.44 bits per heavy atom. The van der Waals surface area contributed by atoms with Gasteiger partial charge < -0.3 is 31.9 Å². The maximum Gasteiger partial charge on any atom is 0.326 e. The van der Waals surface area contributed by atoms with E-state index in [1.807, 2.05) is 20.1 Å². The molecular weight excluding hydrogens is 460 g/mol. The van der Waals surface area contributed by atoms with Crippen LogP contribution in [0.15, 0.2) is 0 Å². The molecule has 0 aliphatic heterocycles. The average Bonchev–Trinajstić information content (AvgIpc) is 2.71. The summed E-state index contributed by atoms with van der Waals surface area (Å²) in [5.41, 5.74) is 5.65. The Bertz CT molecular complexity index is 664. The zero-order chi connectivity index (χ0) is 24.8. The second-order valence-corrected chi connectivity index (χ2v) is 9.01. The van der Waals surface area contributed by atoms with Crippen molar-refractivity contribution in [2.45, 2.75) is 63.7 Å². The number of nitrogens with two attached hydrogens (primary N) is 1. The summed E-state index contributed by atoms with van der Waals surface area (Å²) in [6, 6.07) is -4.34. The Labute approximate surface area is 197 Å². The molecule has 0 spiro atoms. The molecule has 0 fully saturated rings. The molecule has 0 rings (SSSR count). The van der Waals surface area contributed by atoms with E-state index in [0.717, 1.165) is 0 Å². The van der Waals surface area contributed by atoms with Gasteiger partial charge in [0.25, 0.3) is 0 Å². The number of hydrogen-bond acceptors (Lipinski definition) is 8. The second kappa shape index (κ2) is 15.8. The van der Waals surface area contributed by atoms with E-state index in [9.17, 15) is 29.1 Å². The zero-order valence-electron chi connectivity index (χ0n) is 18.5. The highest BCUT2D eigenvalue weighted by atomic mass is 32.2. The first-order valence-corrected chi connectivity index (χ1v) is 12.2. The fourth-order valence-corrected chi connectivity index (χ4v) is 3.35. The first-order chi connectivity index (χ1) is 14.9. The van der Waals surface area contributed by atoms with Gasteiger partial charge in [0.2, 0.25) is 17.7 Å². The second-order valence-electron chi connectivity index (χ2n) is 7.65. The van der Waals surface area contributed by atoms with Crippen molar-refractivity contribution < 1.29 is 34.2 Å².